The van der Waals surface area contributed by atoms with Crippen LogP contribution < -0.4 is 0 Å². The number of aryl methyl sites for hydroxylation is 1. The number of thiazole rings is 1. The SMILES string of the molecule is Cc1ncsc1CN1CCC2(CCC(COCC3CC3)N2C)CC1.O=C(O)C(F)(F)F.O=C(O)C(F)(F)F. The minimum atomic E-state index is -5.08. The number of halogens is 6. The highest BCUT2D eigenvalue weighted by Gasteiger charge is 2.45. The third kappa shape index (κ3) is 9.97. The van der Waals surface area contributed by atoms with Crippen LogP contribution in [0.25, 0.3) is 0 Å². The molecule has 1 unspecified atom stereocenters. The van der Waals surface area contributed by atoms with Crippen molar-refractivity contribution in [2.24, 2.45) is 5.92 Å². The molecule has 218 valence electrons. The standard InChI is InChI=1S/C19H31N3OS.2C2HF3O2/c1-15-18(24-14-20-15)11-22-9-7-19(8-10-22)6-5-17(21(19)2)13-23-12-16-3-4-16;2*3-2(4,5)1(6)7/h14,16-17H,3-13H2,1-2H3;2*(H,6,7). The molecule has 4 rings (SSSR count). The van der Waals surface area contributed by atoms with Crippen molar-refractivity contribution in [3.8, 4) is 0 Å². The highest BCUT2D eigenvalue weighted by molar-refractivity contribution is 7.09. The smallest absolute Gasteiger partial charge is 0.475 e. The molecule has 8 nitrogen and oxygen atoms in total. The van der Waals surface area contributed by atoms with Gasteiger partial charge in [-0.1, -0.05) is 0 Å². The minimum Gasteiger partial charge on any atom is -0.475 e. The summed E-state index contributed by atoms with van der Waals surface area (Å²) >= 11 is 1.80. The molecule has 1 aliphatic carbocycles. The van der Waals surface area contributed by atoms with E-state index in [-0.39, 0.29) is 0 Å². The van der Waals surface area contributed by atoms with Gasteiger partial charge in [0.25, 0.3) is 0 Å². The molecule has 1 spiro atoms. The fraction of sp³-hybridized carbons (Fsp3) is 0.783. The van der Waals surface area contributed by atoms with Crippen molar-refractivity contribution in [3.63, 3.8) is 0 Å². The largest absolute Gasteiger partial charge is 0.490 e. The molecule has 0 radical (unpaired) electrons. The van der Waals surface area contributed by atoms with Crippen molar-refractivity contribution in [2.75, 3.05) is 33.4 Å². The number of carboxylic acid groups (broad SMARTS) is 2. The van der Waals surface area contributed by atoms with Gasteiger partial charge in [-0.15, -0.1) is 11.3 Å². The lowest BCUT2D eigenvalue weighted by atomic mass is 9.85. The first-order chi connectivity index (χ1) is 17.5. The Morgan fingerprint density at radius 2 is 1.55 bits per heavy atom. The Labute approximate surface area is 220 Å². The van der Waals surface area contributed by atoms with Gasteiger partial charge in [0.15, 0.2) is 0 Å². The number of alkyl halides is 6. The quantitative estimate of drug-likeness (QED) is 0.474. The van der Waals surface area contributed by atoms with Gasteiger partial charge in [0, 0.05) is 42.7 Å². The highest BCUT2D eigenvalue weighted by atomic mass is 32.1. The molecule has 2 saturated heterocycles. The van der Waals surface area contributed by atoms with E-state index in [0.29, 0.717) is 11.6 Å². The van der Waals surface area contributed by atoms with Crippen LogP contribution in [0.3, 0.4) is 0 Å². The maximum absolute atomic E-state index is 10.6. The number of nitrogens with zero attached hydrogens (tertiary/aromatic N) is 3. The summed E-state index contributed by atoms with van der Waals surface area (Å²) in [6.45, 7) is 7.60. The Bertz CT molecular complexity index is 890. The zero-order valence-corrected chi connectivity index (χ0v) is 22.0. The molecular formula is C23H33F6N3O5S. The predicted octanol–water partition coefficient (Wildman–Crippen LogP) is 4.57. The van der Waals surface area contributed by atoms with Gasteiger partial charge in [-0.25, -0.2) is 14.6 Å². The number of hydrogen-bond acceptors (Lipinski definition) is 7. The fourth-order valence-electron chi connectivity index (χ4n) is 4.45. The Morgan fingerprint density at radius 1 is 1.03 bits per heavy atom. The van der Waals surface area contributed by atoms with Crippen molar-refractivity contribution in [3.05, 3.63) is 16.1 Å². The van der Waals surface area contributed by atoms with Crippen LogP contribution in [0.4, 0.5) is 26.3 Å². The Kier molecular flexibility index (Phi) is 11.4. The summed E-state index contributed by atoms with van der Waals surface area (Å²) in [6, 6.07) is 0.638. The van der Waals surface area contributed by atoms with Crippen LogP contribution in [0.1, 0.15) is 49.1 Å². The predicted molar refractivity (Wildman–Crippen MR) is 126 cm³/mol. The fourth-order valence-corrected chi connectivity index (χ4v) is 5.27. The third-order valence-corrected chi connectivity index (χ3v) is 8.00. The lowest BCUT2D eigenvalue weighted by Gasteiger charge is -2.45. The molecule has 15 heteroatoms. The zero-order chi connectivity index (χ0) is 28.7. The first kappa shape index (κ1) is 32.2. The minimum absolute atomic E-state index is 0.437. The lowest BCUT2D eigenvalue weighted by molar-refractivity contribution is -0.193. The monoisotopic (exact) mass is 577 g/mol. The molecule has 1 saturated carbocycles. The molecule has 3 heterocycles. The normalized spacial score (nSPS) is 21.8. The van der Waals surface area contributed by atoms with E-state index in [2.05, 4.69) is 28.8 Å². The van der Waals surface area contributed by atoms with Gasteiger partial charge in [-0.2, -0.15) is 26.3 Å². The summed E-state index contributed by atoms with van der Waals surface area (Å²) in [4.78, 5) is 28.9. The number of aliphatic carboxylic acids is 2. The van der Waals surface area contributed by atoms with Crippen LogP contribution in [0, 0.1) is 12.8 Å². The Hall–Kier alpha value is -1.97. The van der Waals surface area contributed by atoms with Gasteiger partial charge in [0.2, 0.25) is 0 Å². The summed E-state index contributed by atoms with van der Waals surface area (Å²) in [5.74, 6) is -4.64. The van der Waals surface area contributed by atoms with Gasteiger partial charge in [-0.3, -0.25) is 9.80 Å². The maximum atomic E-state index is 10.6. The van der Waals surface area contributed by atoms with Gasteiger partial charge in [0.1, 0.15) is 0 Å². The summed E-state index contributed by atoms with van der Waals surface area (Å²) in [7, 11) is 2.35. The van der Waals surface area contributed by atoms with Crippen LogP contribution in [0.5, 0.6) is 0 Å². The summed E-state index contributed by atoms with van der Waals surface area (Å²) in [5.41, 5.74) is 3.63. The van der Waals surface area contributed by atoms with Gasteiger partial charge in [-0.05, 0) is 58.4 Å². The molecule has 3 fully saturated rings. The molecular weight excluding hydrogens is 544 g/mol. The van der Waals surface area contributed by atoms with Crippen molar-refractivity contribution >= 4 is 23.3 Å². The van der Waals surface area contributed by atoms with E-state index in [1.165, 1.54) is 62.2 Å². The van der Waals surface area contributed by atoms with Crippen molar-refractivity contribution in [1.82, 2.24) is 14.8 Å². The van der Waals surface area contributed by atoms with Crippen molar-refractivity contribution in [1.29, 1.82) is 0 Å². The number of likely N-dealkylation sites (tertiary alicyclic amines) is 2. The van der Waals surface area contributed by atoms with Crippen LogP contribution in [-0.4, -0.2) is 94.2 Å². The number of piperidine rings is 1. The molecule has 0 aromatic carbocycles. The van der Waals surface area contributed by atoms with Crippen molar-refractivity contribution in [2.45, 2.75) is 75.9 Å². The van der Waals surface area contributed by atoms with E-state index >= 15 is 0 Å². The first-order valence-corrected chi connectivity index (χ1v) is 13.0. The Morgan fingerprint density at radius 3 is 1.97 bits per heavy atom. The second-order valence-corrected chi connectivity index (χ2v) is 10.7. The number of likely N-dealkylation sites (N-methyl/N-ethyl adjacent to an activating group) is 1. The molecule has 2 aliphatic heterocycles. The molecule has 1 aromatic heterocycles. The third-order valence-electron chi connectivity index (χ3n) is 7.08. The van der Waals surface area contributed by atoms with E-state index in [1.807, 2.05) is 5.51 Å². The van der Waals surface area contributed by atoms with Gasteiger partial charge >= 0.3 is 24.3 Å². The second kappa shape index (κ2) is 13.4. The number of hydrogen-bond donors (Lipinski definition) is 2. The van der Waals surface area contributed by atoms with E-state index in [9.17, 15) is 26.3 Å². The van der Waals surface area contributed by atoms with Crippen LogP contribution in [-0.2, 0) is 20.9 Å². The zero-order valence-electron chi connectivity index (χ0n) is 21.1. The lowest BCUT2D eigenvalue weighted by Crippen LogP contribution is -2.52. The van der Waals surface area contributed by atoms with E-state index in [4.69, 9.17) is 24.5 Å². The molecule has 1 aromatic rings. The van der Waals surface area contributed by atoms with Crippen LogP contribution in [0.15, 0.2) is 5.51 Å². The average molecular weight is 578 g/mol. The second-order valence-electron chi connectivity index (χ2n) is 9.75. The summed E-state index contributed by atoms with van der Waals surface area (Å²) in [6.07, 6.45) is -2.11. The molecule has 0 amide bonds. The molecule has 3 aliphatic rings. The van der Waals surface area contributed by atoms with Crippen LogP contribution in [0.2, 0.25) is 0 Å². The summed E-state index contributed by atoms with van der Waals surface area (Å²) in [5, 5.41) is 14.2. The number of carbonyl (C=O) groups is 2. The number of ether oxygens (including phenoxy) is 1. The van der Waals surface area contributed by atoms with E-state index < -0.39 is 24.3 Å². The topological polar surface area (TPSA) is 103 Å². The maximum Gasteiger partial charge on any atom is 0.490 e. The average Bonchev–Trinajstić information content (AvgIpc) is 3.49. The number of rotatable bonds is 6. The molecule has 2 N–H and O–H groups in total. The van der Waals surface area contributed by atoms with E-state index in [1.54, 1.807) is 11.3 Å². The van der Waals surface area contributed by atoms with Gasteiger partial charge < -0.3 is 14.9 Å². The van der Waals surface area contributed by atoms with E-state index in [0.717, 1.165) is 25.7 Å². The Balaban J connectivity index is 0.000000301. The van der Waals surface area contributed by atoms with Gasteiger partial charge in [0.05, 0.1) is 17.8 Å². The summed E-state index contributed by atoms with van der Waals surface area (Å²) < 4.78 is 69.5. The number of aromatic nitrogens is 1. The molecule has 1 atom stereocenters. The number of carboxylic acids is 2. The first-order valence-electron chi connectivity index (χ1n) is 12.1. The molecule has 0 bridgehead atoms. The highest BCUT2D eigenvalue weighted by Crippen LogP contribution is 2.41. The molecule has 38 heavy (non-hydrogen) atoms. The van der Waals surface area contributed by atoms with Crippen molar-refractivity contribution < 1.29 is 50.9 Å². The van der Waals surface area contributed by atoms with Crippen LogP contribution >= 0.6 is 11.3 Å².